The average molecular weight is 429 g/mol. The van der Waals surface area contributed by atoms with E-state index >= 15 is 0 Å². The Hall–Kier alpha value is -2.77. The van der Waals surface area contributed by atoms with Crippen molar-refractivity contribution in [1.82, 2.24) is 14.8 Å². The number of rotatable bonds is 9. The molecule has 150 valence electrons. The summed E-state index contributed by atoms with van der Waals surface area (Å²) in [6.45, 7) is 6.83. The number of hydrogen-bond acceptors (Lipinski definition) is 5. The van der Waals surface area contributed by atoms with Crippen molar-refractivity contribution in [3.8, 4) is 17.1 Å². The minimum atomic E-state index is -0.137. The lowest BCUT2D eigenvalue weighted by Gasteiger charge is -2.11. The summed E-state index contributed by atoms with van der Waals surface area (Å²) < 4.78 is 7.64. The number of carbonyl (C=O) groups excluding carboxylic acids is 1. The maximum Gasteiger partial charge on any atom is 0.234 e. The van der Waals surface area contributed by atoms with Crippen molar-refractivity contribution in [1.29, 1.82) is 0 Å². The monoisotopic (exact) mass is 428 g/mol. The van der Waals surface area contributed by atoms with Crippen LogP contribution in [-0.2, 0) is 11.3 Å². The highest BCUT2D eigenvalue weighted by Crippen LogP contribution is 2.31. The second kappa shape index (κ2) is 10.1. The maximum atomic E-state index is 12.3. The summed E-state index contributed by atoms with van der Waals surface area (Å²) in [4.78, 5) is 12.3. The van der Waals surface area contributed by atoms with Gasteiger partial charge in [0.2, 0.25) is 5.91 Å². The molecule has 1 heterocycles. The van der Waals surface area contributed by atoms with E-state index in [4.69, 9.17) is 16.3 Å². The number of aromatic nitrogens is 3. The number of nitrogens with zero attached hydrogens (tertiary/aromatic N) is 3. The number of hydrogen-bond donors (Lipinski definition) is 1. The van der Waals surface area contributed by atoms with Crippen molar-refractivity contribution in [2.45, 2.75) is 18.6 Å². The first-order valence-electron chi connectivity index (χ1n) is 9.07. The number of carbonyl (C=O) groups is 1. The fourth-order valence-corrected chi connectivity index (χ4v) is 3.56. The Balaban J connectivity index is 1.76. The highest BCUT2D eigenvalue weighted by atomic mass is 35.5. The zero-order valence-corrected chi connectivity index (χ0v) is 17.5. The highest BCUT2D eigenvalue weighted by molar-refractivity contribution is 7.99. The molecule has 8 heteroatoms. The molecule has 2 aromatic carbocycles. The average Bonchev–Trinajstić information content (AvgIpc) is 3.12. The van der Waals surface area contributed by atoms with Crippen molar-refractivity contribution in [3.63, 3.8) is 0 Å². The minimum absolute atomic E-state index is 0.137. The third-order valence-corrected chi connectivity index (χ3v) is 5.14. The molecule has 0 aliphatic heterocycles. The van der Waals surface area contributed by atoms with Crippen LogP contribution < -0.4 is 10.1 Å². The molecule has 6 nitrogen and oxygen atoms in total. The Bertz CT molecular complexity index is 989. The first-order valence-corrected chi connectivity index (χ1v) is 10.4. The summed E-state index contributed by atoms with van der Waals surface area (Å²) in [5.74, 6) is 1.48. The second-order valence-electron chi connectivity index (χ2n) is 5.98. The van der Waals surface area contributed by atoms with Crippen LogP contribution in [0.5, 0.6) is 5.75 Å². The molecule has 0 unspecified atom stereocenters. The number of allylic oxidation sites excluding steroid dienone is 1. The molecule has 0 fully saturated rings. The summed E-state index contributed by atoms with van der Waals surface area (Å²) in [7, 11) is 0. The summed E-state index contributed by atoms with van der Waals surface area (Å²) in [6.07, 6.45) is 1.77. The zero-order chi connectivity index (χ0) is 20.6. The molecular formula is C21H21ClN4O2S. The third-order valence-electron chi connectivity index (χ3n) is 3.92. The Morgan fingerprint density at radius 1 is 1.24 bits per heavy atom. The van der Waals surface area contributed by atoms with Crippen LogP contribution in [0.3, 0.4) is 0 Å². The number of thioether (sulfide) groups is 1. The molecule has 3 aromatic rings. The molecule has 0 spiro atoms. The van der Waals surface area contributed by atoms with Crippen LogP contribution >= 0.6 is 23.4 Å². The van der Waals surface area contributed by atoms with E-state index in [1.165, 1.54) is 11.8 Å². The second-order valence-corrected chi connectivity index (χ2v) is 7.36. The van der Waals surface area contributed by atoms with Gasteiger partial charge >= 0.3 is 0 Å². The van der Waals surface area contributed by atoms with Crippen molar-refractivity contribution < 1.29 is 9.53 Å². The van der Waals surface area contributed by atoms with E-state index in [-0.39, 0.29) is 11.7 Å². The smallest absolute Gasteiger partial charge is 0.234 e. The van der Waals surface area contributed by atoms with Crippen LogP contribution in [0.4, 0.5) is 5.69 Å². The first kappa shape index (κ1) is 21.0. The highest BCUT2D eigenvalue weighted by Gasteiger charge is 2.17. The van der Waals surface area contributed by atoms with E-state index in [0.717, 1.165) is 11.3 Å². The molecule has 0 atom stereocenters. The molecule has 1 amide bonds. The summed E-state index contributed by atoms with van der Waals surface area (Å²) in [6, 6.07) is 14.7. The number of amides is 1. The van der Waals surface area contributed by atoms with E-state index in [1.54, 1.807) is 30.3 Å². The summed E-state index contributed by atoms with van der Waals surface area (Å²) >= 11 is 7.18. The fourth-order valence-electron chi connectivity index (χ4n) is 2.68. The van der Waals surface area contributed by atoms with Crippen LogP contribution in [0.15, 0.2) is 66.3 Å². The van der Waals surface area contributed by atoms with Gasteiger partial charge in [-0.2, -0.15) is 0 Å². The van der Waals surface area contributed by atoms with E-state index in [9.17, 15) is 4.79 Å². The van der Waals surface area contributed by atoms with E-state index in [2.05, 4.69) is 22.1 Å². The largest absolute Gasteiger partial charge is 0.493 e. The van der Waals surface area contributed by atoms with Gasteiger partial charge in [0.1, 0.15) is 5.75 Å². The van der Waals surface area contributed by atoms with Crippen LogP contribution in [-0.4, -0.2) is 33.0 Å². The lowest BCUT2D eigenvalue weighted by atomic mass is 10.2. The van der Waals surface area contributed by atoms with Crippen molar-refractivity contribution >= 4 is 35.0 Å². The van der Waals surface area contributed by atoms with Gasteiger partial charge in [-0.3, -0.25) is 9.36 Å². The molecule has 0 radical (unpaired) electrons. The number of nitrogens with one attached hydrogen (secondary N) is 1. The zero-order valence-electron chi connectivity index (χ0n) is 16.0. The quantitative estimate of drug-likeness (QED) is 0.387. The van der Waals surface area contributed by atoms with Gasteiger partial charge in [-0.1, -0.05) is 41.6 Å². The van der Waals surface area contributed by atoms with Crippen molar-refractivity contribution in [2.24, 2.45) is 0 Å². The Labute approximate surface area is 178 Å². The lowest BCUT2D eigenvalue weighted by Crippen LogP contribution is -2.14. The summed E-state index contributed by atoms with van der Waals surface area (Å²) in [5.41, 5.74) is 1.54. The standard InChI is InChI=1S/C21H21ClN4O2S/c1-3-13-26-20(17-7-5-6-8-18(17)28-4-2)24-25-21(26)29-14-19(27)23-16-11-9-15(22)10-12-16/h3,5-12H,1,4,13-14H2,2H3,(H,23,27). The van der Waals surface area contributed by atoms with E-state index in [0.29, 0.717) is 34.8 Å². The maximum absolute atomic E-state index is 12.3. The lowest BCUT2D eigenvalue weighted by molar-refractivity contribution is -0.113. The Kier molecular flexibility index (Phi) is 7.32. The van der Waals surface area contributed by atoms with Crippen LogP contribution in [0, 0.1) is 0 Å². The minimum Gasteiger partial charge on any atom is -0.493 e. The number of anilines is 1. The molecule has 3 rings (SSSR count). The predicted molar refractivity (Wildman–Crippen MR) is 118 cm³/mol. The van der Waals surface area contributed by atoms with Gasteiger partial charge in [0.25, 0.3) is 0 Å². The van der Waals surface area contributed by atoms with Crippen LogP contribution in [0.25, 0.3) is 11.4 Å². The van der Waals surface area contributed by atoms with Gasteiger partial charge in [0.15, 0.2) is 11.0 Å². The van der Waals surface area contributed by atoms with Crippen LogP contribution in [0.1, 0.15) is 6.92 Å². The fraction of sp³-hybridized carbons (Fsp3) is 0.190. The van der Waals surface area contributed by atoms with Gasteiger partial charge in [-0.05, 0) is 43.3 Å². The Morgan fingerprint density at radius 3 is 2.72 bits per heavy atom. The van der Waals surface area contributed by atoms with Gasteiger partial charge in [0, 0.05) is 17.3 Å². The van der Waals surface area contributed by atoms with Gasteiger partial charge < -0.3 is 10.1 Å². The molecule has 0 aliphatic rings. The molecule has 0 bridgehead atoms. The number of benzene rings is 2. The molecule has 29 heavy (non-hydrogen) atoms. The first-order chi connectivity index (χ1) is 14.1. The summed E-state index contributed by atoms with van der Waals surface area (Å²) in [5, 5.41) is 12.7. The van der Waals surface area contributed by atoms with Crippen molar-refractivity contribution in [2.75, 3.05) is 17.7 Å². The predicted octanol–water partition coefficient (Wildman–Crippen LogP) is 4.91. The van der Waals surface area contributed by atoms with Gasteiger partial charge in [-0.25, -0.2) is 0 Å². The van der Waals surface area contributed by atoms with Crippen molar-refractivity contribution in [3.05, 3.63) is 66.2 Å². The molecule has 0 saturated heterocycles. The van der Waals surface area contributed by atoms with E-state index in [1.807, 2.05) is 35.8 Å². The topological polar surface area (TPSA) is 69.0 Å². The number of para-hydroxylation sites is 1. The molecule has 0 aliphatic carbocycles. The molecule has 1 N–H and O–H groups in total. The third kappa shape index (κ3) is 5.40. The molecule has 0 saturated carbocycles. The van der Waals surface area contributed by atoms with Crippen LogP contribution in [0.2, 0.25) is 5.02 Å². The Morgan fingerprint density at radius 2 is 2.00 bits per heavy atom. The number of ether oxygens (including phenoxy) is 1. The van der Waals surface area contributed by atoms with E-state index < -0.39 is 0 Å². The van der Waals surface area contributed by atoms with Gasteiger partial charge in [0.05, 0.1) is 17.9 Å². The normalized spacial score (nSPS) is 10.6. The number of halogens is 1. The molecular weight excluding hydrogens is 408 g/mol. The SMILES string of the molecule is C=CCn1c(SCC(=O)Nc2ccc(Cl)cc2)nnc1-c1ccccc1OCC. The molecule has 1 aromatic heterocycles. The van der Waals surface area contributed by atoms with Gasteiger partial charge in [-0.15, -0.1) is 16.8 Å².